The SMILES string of the molecule is [2H]C([2H])([2H])C([2H])([2H])n1c(Cc2ccc(Cl)cc2C(F)(F)F)cc2cc(C(=O)NC(CO)c3ccc(S(=O)(=O)CC)cc3)ccc21. The van der Waals surface area contributed by atoms with E-state index in [1.165, 1.54) is 61.5 Å². The van der Waals surface area contributed by atoms with E-state index in [0.29, 0.717) is 5.56 Å². The predicted octanol–water partition coefficient (Wildman–Crippen LogP) is 6.18. The lowest BCUT2D eigenvalue weighted by Crippen LogP contribution is -2.30. The van der Waals surface area contributed by atoms with E-state index < -0.39 is 59.9 Å². The second kappa shape index (κ2) is 11.6. The Morgan fingerprint density at radius 2 is 1.85 bits per heavy atom. The molecule has 1 unspecified atom stereocenters. The zero-order chi connectivity index (χ0) is 33.5. The molecule has 0 fully saturated rings. The van der Waals surface area contributed by atoms with Crippen molar-refractivity contribution in [2.75, 3.05) is 12.4 Å². The third-order valence-corrected chi connectivity index (χ3v) is 8.50. The van der Waals surface area contributed by atoms with Gasteiger partial charge in [0.1, 0.15) is 0 Å². The van der Waals surface area contributed by atoms with Crippen molar-refractivity contribution >= 4 is 38.2 Å². The van der Waals surface area contributed by atoms with Gasteiger partial charge in [0.05, 0.1) is 28.9 Å². The van der Waals surface area contributed by atoms with Crippen LogP contribution in [0, 0.1) is 0 Å². The number of benzene rings is 3. The van der Waals surface area contributed by atoms with Gasteiger partial charge in [-0.1, -0.05) is 36.7 Å². The smallest absolute Gasteiger partial charge is 0.394 e. The summed E-state index contributed by atoms with van der Waals surface area (Å²) >= 11 is 5.80. The number of rotatable bonds is 9. The van der Waals surface area contributed by atoms with Crippen LogP contribution in [-0.2, 0) is 28.9 Å². The maximum atomic E-state index is 13.8. The number of hydrogen-bond donors (Lipinski definition) is 2. The first kappa shape index (κ1) is 23.4. The van der Waals surface area contributed by atoms with E-state index in [2.05, 4.69) is 5.32 Å². The standard InChI is InChI=1S/C29H28ClF3N2O4S/c1-3-35-23(14-19-5-9-22(30)16-25(19)29(31,32)33)15-21-13-20(8-12-27(21)35)28(37)34-26(17-36)18-6-10-24(11-7-18)40(38,39)4-2/h5-13,15-16,26,36H,3-4,14,17H2,1-2H3,(H,34,37)/i1D3,3D2. The van der Waals surface area contributed by atoms with E-state index in [1.807, 2.05) is 0 Å². The molecule has 0 saturated heterocycles. The van der Waals surface area contributed by atoms with Crippen LogP contribution >= 0.6 is 11.6 Å². The summed E-state index contributed by atoms with van der Waals surface area (Å²) in [7, 11) is -3.46. The highest BCUT2D eigenvalue weighted by atomic mass is 35.5. The minimum atomic E-state index is -4.79. The molecule has 4 aromatic rings. The lowest BCUT2D eigenvalue weighted by molar-refractivity contribution is -0.138. The van der Waals surface area contributed by atoms with Crippen LogP contribution < -0.4 is 5.32 Å². The highest BCUT2D eigenvalue weighted by Crippen LogP contribution is 2.35. The van der Waals surface area contributed by atoms with E-state index in [1.54, 1.807) is 0 Å². The summed E-state index contributed by atoms with van der Waals surface area (Å²) in [5.41, 5.74) is -0.935. The third-order valence-electron chi connectivity index (χ3n) is 6.51. The van der Waals surface area contributed by atoms with Gasteiger partial charge in [-0.25, -0.2) is 8.42 Å². The fourth-order valence-electron chi connectivity index (χ4n) is 4.39. The minimum absolute atomic E-state index is 0.0247. The van der Waals surface area contributed by atoms with Crippen LogP contribution in [0.4, 0.5) is 13.2 Å². The van der Waals surface area contributed by atoms with Gasteiger partial charge in [0.15, 0.2) is 9.84 Å². The van der Waals surface area contributed by atoms with Crippen molar-refractivity contribution in [3.63, 3.8) is 0 Å². The number of hydrogen-bond acceptors (Lipinski definition) is 4. The topological polar surface area (TPSA) is 88.4 Å². The number of fused-ring (bicyclic) bond motifs is 1. The summed E-state index contributed by atoms with van der Waals surface area (Å²) in [5.74, 6) is -0.776. The van der Waals surface area contributed by atoms with Crippen molar-refractivity contribution in [1.82, 2.24) is 9.88 Å². The predicted molar refractivity (Wildman–Crippen MR) is 148 cm³/mol. The summed E-state index contributed by atoms with van der Waals surface area (Å²) in [6, 6.07) is 13.1. The molecular formula is C29H28ClF3N2O4S. The van der Waals surface area contributed by atoms with Gasteiger partial charge >= 0.3 is 6.18 Å². The van der Waals surface area contributed by atoms with Gasteiger partial charge in [0, 0.05) is 47.0 Å². The summed E-state index contributed by atoms with van der Waals surface area (Å²) in [6.07, 6.45) is -5.30. The number of carbonyl (C=O) groups excluding carboxylic acids is 1. The Labute approximate surface area is 242 Å². The number of halogens is 4. The summed E-state index contributed by atoms with van der Waals surface area (Å²) in [4.78, 5) is 13.3. The Morgan fingerprint density at radius 3 is 2.48 bits per heavy atom. The van der Waals surface area contributed by atoms with Gasteiger partial charge in [-0.15, -0.1) is 0 Å². The average molecular weight is 598 g/mol. The van der Waals surface area contributed by atoms with E-state index in [4.69, 9.17) is 18.5 Å². The third kappa shape index (κ3) is 6.19. The molecule has 0 spiro atoms. The second-order valence-electron chi connectivity index (χ2n) is 9.01. The van der Waals surface area contributed by atoms with Gasteiger partial charge in [-0.3, -0.25) is 4.79 Å². The first-order valence-corrected chi connectivity index (χ1v) is 14.1. The molecule has 1 amide bonds. The Balaban J connectivity index is 1.74. The molecule has 3 aromatic carbocycles. The highest BCUT2D eigenvalue weighted by molar-refractivity contribution is 7.91. The molecule has 4 rings (SSSR count). The molecule has 1 aromatic heterocycles. The van der Waals surface area contributed by atoms with Crippen molar-refractivity contribution in [2.45, 2.75) is 43.8 Å². The van der Waals surface area contributed by atoms with Crippen molar-refractivity contribution in [1.29, 1.82) is 0 Å². The molecular weight excluding hydrogens is 565 g/mol. The first-order chi connectivity index (χ1) is 20.8. The zero-order valence-electron chi connectivity index (χ0n) is 26.1. The number of aliphatic hydroxyl groups is 1. The zero-order valence-corrected chi connectivity index (χ0v) is 22.7. The van der Waals surface area contributed by atoms with Crippen LogP contribution in [-0.4, -0.2) is 36.4 Å². The van der Waals surface area contributed by atoms with E-state index >= 15 is 0 Å². The van der Waals surface area contributed by atoms with Gasteiger partial charge in [0.25, 0.3) is 5.91 Å². The largest absolute Gasteiger partial charge is 0.416 e. The molecule has 0 radical (unpaired) electrons. The van der Waals surface area contributed by atoms with Crippen molar-refractivity contribution in [3.8, 4) is 0 Å². The molecule has 1 heterocycles. The Hall–Kier alpha value is -3.34. The van der Waals surface area contributed by atoms with Gasteiger partial charge in [-0.05, 0) is 66.5 Å². The number of nitrogens with zero attached hydrogens (tertiary/aromatic N) is 1. The molecule has 0 aliphatic carbocycles. The average Bonchev–Trinajstić information content (AvgIpc) is 3.33. The van der Waals surface area contributed by atoms with E-state index in [0.717, 1.165) is 16.7 Å². The molecule has 2 N–H and O–H groups in total. The molecule has 212 valence electrons. The number of aliphatic hydroxyl groups excluding tert-OH is 1. The summed E-state index contributed by atoms with van der Waals surface area (Å²) in [5, 5.41) is 12.6. The number of aromatic nitrogens is 1. The molecule has 6 nitrogen and oxygen atoms in total. The minimum Gasteiger partial charge on any atom is -0.394 e. The lowest BCUT2D eigenvalue weighted by atomic mass is 10.0. The molecule has 1 atom stereocenters. The number of carbonyl (C=O) groups is 1. The van der Waals surface area contributed by atoms with Crippen LogP contribution in [0.1, 0.15) is 59.4 Å². The van der Waals surface area contributed by atoms with Crippen LogP contribution in [0.25, 0.3) is 10.9 Å². The van der Waals surface area contributed by atoms with Crippen molar-refractivity contribution < 1.29 is 38.3 Å². The number of amides is 1. The number of nitrogens with one attached hydrogen (secondary N) is 1. The van der Waals surface area contributed by atoms with Gasteiger partial charge in [0.2, 0.25) is 0 Å². The number of aryl methyl sites for hydroxylation is 1. The molecule has 0 aliphatic rings. The van der Waals surface area contributed by atoms with Gasteiger partial charge < -0.3 is 15.0 Å². The van der Waals surface area contributed by atoms with Crippen LogP contribution in [0.5, 0.6) is 0 Å². The summed E-state index contributed by atoms with van der Waals surface area (Å²) in [6.45, 7) is -5.28. The van der Waals surface area contributed by atoms with E-state index in [9.17, 15) is 31.5 Å². The summed E-state index contributed by atoms with van der Waals surface area (Å²) < 4.78 is 107. The van der Waals surface area contributed by atoms with E-state index in [-0.39, 0.29) is 43.4 Å². The van der Waals surface area contributed by atoms with Crippen molar-refractivity contribution in [3.05, 3.63) is 99.7 Å². The Morgan fingerprint density at radius 1 is 1.12 bits per heavy atom. The van der Waals surface area contributed by atoms with Crippen molar-refractivity contribution in [2.24, 2.45) is 0 Å². The fourth-order valence-corrected chi connectivity index (χ4v) is 5.44. The lowest BCUT2D eigenvalue weighted by Gasteiger charge is -2.17. The Bertz CT molecular complexity index is 1840. The van der Waals surface area contributed by atoms with Crippen LogP contribution in [0.3, 0.4) is 0 Å². The molecule has 0 bridgehead atoms. The van der Waals surface area contributed by atoms with Crippen LogP contribution in [0.15, 0.2) is 71.6 Å². The number of alkyl halides is 3. The van der Waals surface area contributed by atoms with Crippen LogP contribution in [0.2, 0.25) is 5.02 Å². The highest BCUT2D eigenvalue weighted by Gasteiger charge is 2.33. The molecule has 0 aliphatic heterocycles. The Kier molecular flexibility index (Phi) is 6.80. The number of sulfone groups is 1. The normalized spacial score (nSPS) is 15.5. The quantitative estimate of drug-likeness (QED) is 0.241. The molecule has 11 heteroatoms. The monoisotopic (exact) mass is 597 g/mol. The molecule has 0 saturated carbocycles. The maximum Gasteiger partial charge on any atom is 0.416 e. The van der Waals surface area contributed by atoms with Gasteiger partial charge in [-0.2, -0.15) is 13.2 Å². The second-order valence-corrected chi connectivity index (χ2v) is 11.7. The maximum absolute atomic E-state index is 13.8. The molecule has 40 heavy (non-hydrogen) atoms. The fraction of sp³-hybridized carbons (Fsp3) is 0.276. The first-order valence-electron chi connectivity index (χ1n) is 14.5.